The van der Waals surface area contributed by atoms with Gasteiger partial charge in [0.1, 0.15) is 4.90 Å². The number of halogens is 3. The lowest BCUT2D eigenvalue weighted by atomic mass is 9.97. The average Bonchev–Trinajstić information content (AvgIpc) is 3.27. The lowest BCUT2D eigenvalue weighted by Gasteiger charge is -2.30. The fourth-order valence-corrected chi connectivity index (χ4v) is 7.00. The number of nitrogens with zero attached hydrogens (tertiary/aromatic N) is 2. The van der Waals surface area contributed by atoms with E-state index in [9.17, 15) is 17.6 Å². The minimum atomic E-state index is -3.88. The smallest absolute Gasteiger partial charge is 0.246 e. The third kappa shape index (κ3) is 5.06. The van der Waals surface area contributed by atoms with Crippen molar-refractivity contribution in [3.05, 3.63) is 57.6 Å². The molecular weight excluding hydrogens is 524 g/mol. The number of aromatic nitrogens is 1. The van der Waals surface area contributed by atoms with Crippen LogP contribution in [-0.2, 0) is 14.8 Å². The van der Waals surface area contributed by atoms with Crippen LogP contribution in [0, 0.1) is 11.7 Å². The van der Waals surface area contributed by atoms with Gasteiger partial charge >= 0.3 is 0 Å². The molecule has 1 amide bonds. The van der Waals surface area contributed by atoms with Crippen molar-refractivity contribution in [2.75, 3.05) is 25.5 Å². The van der Waals surface area contributed by atoms with Crippen LogP contribution in [0.1, 0.15) is 12.8 Å². The minimum absolute atomic E-state index is 0.0590. The van der Waals surface area contributed by atoms with E-state index in [1.54, 1.807) is 17.5 Å². The van der Waals surface area contributed by atoms with Crippen molar-refractivity contribution in [3.8, 4) is 17.0 Å². The molecule has 0 spiro atoms. The molecule has 12 heteroatoms. The molecule has 3 aromatic rings. The molecular formula is C22H20Cl2FN3O4S2. The second-order valence-corrected chi connectivity index (χ2v) is 11.2. The van der Waals surface area contributed by atoms with Crippen molar-refractivity contribution in [2.24, 2.45) is 5.92 Å². The molecule has 0 atom stereocenters. The lowest BCUT2D eigenvalue weighted by molar-refractivity contribution is -0.120. The number of piperidine rings is 1. The normalized spacial score (nSPS) is 15.3. The van der Waals surface area contributed by atoms with Crippen molar-refractivity contribution in [3.63, 3.8) is 0 Å². The summed E-state index contributed by atoms with van der Waals surface area (Å²) in [7, 11) is -2.49. The molecule has 0 bridgehead atoms. The Labute approximate surface area is 210 Å². The van der Waals surface area contributed by atoms with Crippen LogP contribution in [0.4, 0.5) is 9.52 Å². The van der Waals surface area contributed by atoms with E-state index in [0.29, 0.717) is 29.2 Å². The van der Waals surface area contributed by atoms with Gasteiger partial charge in [-0.15, -0.1) is 11.3 Å². The van der Waals surface area contributed by atoms with Gasteiger partial charge in [-0.2, -0.15) is 4.31 Å². The summed E-state index contributed by atoms with van der Waals surface area (Å²) in [6.45, 7) is 0.326. The summed E-state index contributed by atoms with van der Waals surface area (Å²) in [4.78, 5) is 17.0. The number of hydrogen-bond donors (Lipinski definition) is 1. The van der Waals surface area contributed by atoms with Crippen LogP contribution in [-0.4, -0.2) is 43.8 Å². The maximum atomic E-state index is 14.0. The molecule has 2 aromatic carbocycles. The Bertz CT molecular complexity index is 1310. The number of ether oxygens (including phenoxy) is 1. The number of amides is 1. The van der Waals surface area contributed by atoms with Crippen LogP contribution in [0.3, 0.4) is 0 Å². The molecule has 0 unspecified atom stereocenters. The summed E-state index contributed by atoms with van der Waals surface area (Å²) in [5.41, 5.74) is 1.09. The van der Waals surface area contributed by atoms with Gasteiger partial charge in [0, 0.05) is 30.0 Å². The molecule has 1 N–H and O–H groups in total. The summed E-state index contributed by atoms with van der Waals surface area (Å²) in [6.07, 6.45) is 0.685. The summed E-state index contributed by atoms with van der Waals surface area (Å²) < 4.78 is 46.2. The third-order valence-electron chi connectivity index (χ3n) is 5.52. The molecule has 0 saturated carbocycles. The number of nitrogens with one attached hydrogen (secondary N) is 1. The summed E-state index contributed by atoms with van der Waals surface area (Å²) in [5.74, 6) is -0.982. The van der Waals surface area contributed by atoms with Gasteiger partial charge in [-0.3, -0.25) is 4.79 Å². The first-order valence-electron chi connectivity index (χ1n) is 10.2. The van der Waals surface area contributed by atoms with Crippen molar-refractivity contribution >= 4 is 55.6 Å². The molecule has 0 aliphatic carbocycles. The Balaban J connectivity index is 1.39. The number of anilines is 1. The largest absolute Gasteiger partial charge is 0.494 e. The zero-order valence-electron chi connectivity index (χ0n) is 17.9. The van der Waals surface area contributed by atoms with E-state index in [-0.39, 0.29) is 45.6 Å². The van der Waals surface area contributed by atoms with E-state index >= 15 is 0 Å². The first kappa shape index (κ1) is 24.9. The first-order valence-corrected chi connectivity index (χ1v) is 13.3. The van der Waals surface area contributed by atoms with Gasteiger partial charge in [0.05, 0.1) is 22.8 Å². The fourth-order valence-electron chi connectivity index (χ4n) is 3.71. The van der Waals surface area contributed by atoms with Gasteiger partial charge in [-0.1, -0.05) is 29.3 Å². The highest BCUT2D eigenvalue weighted by Crippen LogP contribution is 2.34. The number of thiazole rings is 1. The zero-order valence-corrected chi connectivity index (χ0v) is 21.1. The maximum absolute atomic E-state index is 14.0. The summed E-state index contributed by atoms with van der Waals surface area (Å²) in [6, 6.07) is 9.05. The second kappa shape index (κ2) is 10.2. The highest BCUT2D eigenvalue weighted by molar-refractivity contribution is 7.89. The monoisotopic (exact) mass is 543 g/mol. The summed E-state index contributed by atoms with van der Waals surface area (Å²) in [5, 5.41) is 5.01. The van der Waals surface area contributed by atoms with Crippen molar-refractivity contribution in [1.82, 2.24) is 9.29 Å². The average molecular weight is 544 g/mol. The van der Waals surface area contributed by atoms with Crippen molar-refractivity contribution in [2.45, 2.75) is 17.7 Å². The quantitative estimate of drug-likeness (QED) is 0.455. The Morgan fingerprint density at radius 3 is 2.50 bits per heavy atom. The number of carbonyl (C=O) groups is 1. The summed E-state index contributed by atoms with van der Waals surface area (Å²) >= 11 is 13.4. The Kier molecular flexibility index (Phi) is 7.44. The molecule has 0 radical (unpaired) electrons. The molecule has 34 heavy (non-hydrogen) atoms. The van der Waals surface area contributed by atoms with Crippen LogP contribution >= 0.6 is 34.5 Å². The van der Waals surface area contributed by atoms with Gasteiger partial charge < -0.3 is 10.1 Å². The molecule has 1 saturated heterocycles. The van der Waals surface area contributed by atoms with Crippen LogP contribution in [0.5, 0.6) is 5.75 Å². The van der Waals surface area contributed by atoms with E-state index in [2.05, 4.69) is 10.3 Å². The van der Waals surface area contributed by atoms with Gasteiger partial charge in [0.25, 0.3) is 0 Å². The Morgan fingerprint density at radius 2 is 1.88 bits per heavy atom. The number of sulfonamides is 1. The number of rotatable bonds is 6. The third-order valence-corrected chi connectivity index (χ3v) is 9.14. The molecule has 1 aliphatic heterocycles. The number of benzene rings is 2. The second-order valence-electron chi connectivity index (χ2n) is 7.61. The van der Waals surface area contributed by atoms with E-state index in [1.807, 2.05) is 0 Å². The molecule has 7 nitrogen and oxygen atoms in total. The van der Waals surface area contributed by atoms with Gasteiger partial charge in [0.2, 0.25) is 15.9 Å². The van der Waals surface area contributed by atoms with Crippen LogP contribution in [0.15, 0.2) is 46.7 Å². The van der Waals surface area contributed by atoms with Crippen molar-refractivity contribution in [1.29, 1.82) is 0 Å². The number of methoxy groups -OCH3 is 1. The number of hydrogen-bond acceptors (Lipinski definition) is 6. The topological polar surface area (TPSA) is 88.6 Å². The van der Waals surface area contributed by atoms with Crippen LogP contribution in [0.25, 0.3) is 11.3 Å². The van der Waals surface area contributed by atoms with Crippen molar-refractivity contribution < 1.29 is 22.3 Å². The van der Waals surface area contributed by atoms with E-state index in [0.717, 1.165) is 0 Å². The minimum Gasteiger partial charge on any atom is -0.494 e. The van der Waals surface area contributed by atoms with E-state index in [4.69, 9.17) is 27.9 Å². The molecule has 4 rings (SSSR count). The van der Waals surface area contributed by atoms with Crippen LogP contribution in [0.2, 0.25) is 10.0 Å². The van der Waals surface area contributed by atoms with Gasteiger partial charge in [-0.05, 0) is 43.2 Å². The first-order chi connectivity index (χ1) is 16.2. The fraction of sp³-hybridized carbons (Fsp3) is 0.273. The molecule has 2 heterocycles. The highest BCUT2D eigenvalue weighted by atomic mass is 35.5. The predicted octanol–water partition coefficient (Wildman–Crippen LogP) is 5.30. The Morgan fingerprint density at radius 1 is 1.21 bits per heavy atom. The van der Waals surface area contributed by atoms with Crippen LogP contribution < -0.4 is 10.1 Å². The molecule has 1 fully saturated rings. The number of carbonyl (C=O) groups excluding carboxylic acids is 1. The molecule has 180 valence electrons. The van der Waals surface area contributed by atoms with E-state index < -0.39 is 15.8 Å². The van der Waals surface area contributed by atoms with E-state index in [1.165, 1.54) is 47.0 Å². The maximum Gasteiger partial charge on any atom is 0.246 e. The molecule has 1 aromatic heterocycles. The Hall–Kier alpha value is -2.24. The highest BCUT2D eigenvalue weighted by Gasteiger charge is 2.34. The van der Waals surface area contributed by atoms with Gasteiger partial charge in [0.15, 0.2) is 16.7 Å². The predicted molar refractivity (Wildman–Crippen MR) is 131 cm³/mol. The SMILES string of the molecule is COc1ccc(-c2csc(NC(=O)C3CCN(S(=O)(=O)c4c(Cl)cccc4Cl)CC3)n2)cc1F. The molecule has 1 aliphatic rings. The van der Waals surface area contributed by atoms with Gasteiger partial charge in [-0.25, -0.2) is 17.8 Å². The standard InChI is InChI=1S/C22H20Cl2FN3O4S2/c1-32-19-6-5-14(11-17(19)25)18-12-33-22(26-18)27-21(29)13-7-9-28(10-8-13)34(30,31)20-15(23)3-2-4-16(20)24/h2-6,11-13H,7-10H2,1H3,(H,26,27,29). The lowest BCUT2D eigenvalue weighted by Crippen LogP contribution is -2.41. The zero-order chi connectivity index (χ0) is 24.5.